The summed E-state index contributed by atoms with van der Waals surface area (Å²) < 4.78 is 31.9. The molecule has 1 atom stereocenters. The Balaban J connectivity index is 2.40. The first-order valence-corrected chi connectivity index (χ1v) is 9.77. The number of aryl methyl sites for hydroxylation is 1. The number of aromatic nitrogens is 1. The molecule has 1 aromatic carbocycles. The van der Waals surface area contributed by atoms with Crippen LogP contribution < -0.4 is 5.73 Å². The number of carbonyl (C=O) groups excluding carboxylic acids is 1. The third kappa shape index (κ3) is 4.16. The molecule has 1 heterocycles. The van der Waals surface area contributed by atoms with Crippen LogP contribution in [0, 0.1) is 20.8 Å². The van der Waals surface area contributed by atoms with Crippen LogP contribution in [0.2, 0.25) is 0 Å². The molecule has 2 rings (SSSR count). The van der Waals surface area contributed by atoms with Gasteiger partial charge < -0.3 is 10.5 Å². The first-order valence-electron chi connectivity index (χ1n) is 8.33. The highest BCUT2D eigenvalue weighted by Gasteiger charge is 2.28. The van der Waals surface area contributed by atoms with Crippen LogP contribution in [0.4, 0.5) is 0 Å². The van der Waals surface area contributed by atoms with Crippen LogP contribution in [-0.4, -0.2) is 31.0 Å². The van der Waals surface area contributed by atoms with Crippen LogP contribution >= 0.6 is 0 Å². The summed E-state index contributed by atoms with van der Waals surface area (Å²) in [6.07, 6.45) is 2.02. The van der Waals surface area contributed by atoms with Gasteiger partial charge in [-0.2, -0.15) is 0 Å². The highest BCUT2D eigenvalue weighted by atomic mass is 32.2. The predicted molar refractivity (Wildman–Crippen MR) is 101 cm³/mol. The van der Waals surface area contributed by atoms with E-state index in [1.54, 1.807) is 44.3 Å². The quantitative estimate of drug-likeness (QED) is 0.780. The van der Waals surface area contributed by atoms with E-state index in [4.69, 9.17) is 5.73 Å². The molecule has 0 amide bonds. The summed E-state index contributed by atoms with van der Waals surface area (Å²) in [7, 11) is -2.37. The van der Waals surface area contributed by atoms with E-state index >= 15 is 0 Å². The van der Waals surface area contributed by atoms with Crippen molar-refractivity contribution in [1.29, 1.82) is 0 Å². The van der Waals surface area contributed by atoms with Crippen molar-refractivity contribution >= 4 is 16.0 Å². The second-order valence-corrected chi connectivity index (χ2v) is 8.88. The van der Waals surface area contributed by atoms with E-state index in [2.05, 4.69) is 4.74 Å². The third-order valence-electron chi connectivity index (χ3n) is 4.58. The highest BCUT2D eigenvalue weighted by Crippen LogP contribution is 2.26. The van der Waals surface area contributed by atoms with Crippen molar-refractivity contribution in [2.75, 3.05) is 7.11 Å². The van der Waals surface area contributed by atoms with Gasteiger partial charge >= 0.3 is 5.97 Å². The number of nitrogens with two attached hydrogens (primary N) is 1. The molecule has 0 saturated carbocycles. The average Bonchev–Trinajstić information content (AvgIpc) is 2.83. The van der Waals surface area contributed by atoms with E-state index in [-0.39, 0.29) is 11.3 Å². The molecular weight excluding hydrogens is 352 g/mol. The lowest BCUT2D eigenvalue weighted by atomic mass is 9.90. The molecule has 0 spiro atoms. The van der Waals surface area contributed by atoms with Crippen molar-refractivity contribution in [3.05, 3.63) is 52.8 Å². The maximum absolute atomic E-state index is 13.0. The van der Waals surface area contributed by atoms with Gasteiger partial charge in [0.05, 0.1) is 18.4 Å². The fourth-order valence-corrected chi connectivity index (χ4v) is 4.35. The fourth-order valence-electron chi connectivity index (χ4n) is 2.88. The first kappa shape index (κ1) is 20.2. The molecule has 0 aliphatic rings. The third-order valence-corrected chi connectivity index (χ3v) is 6.34. The molecule has 142 valence electrons. The monoisotopic (exact) mass is 378 g/mol. The van der Waals surface area contributed by atoms with Crippen molar-refractivity contribution in [3.63, 3.8) is 0 Å². The van der Waals surface area contributed by atoms with Gasteiger partial charge in [0.25, 0.3) is 10.0 Å². The SMILES string of the molecule is COC(=O)CC(C)(N)Cc1cn(S(=O)(=O)c2ccc(C)cc2)c(C)c1C. The topological polar surface area (TPSA) is 91.4 Å². The molecule has 2 aromatic rings. The Kier molecular flexibility index (Phi) is 5.63. The molecule has 0 bridgehead atoms. The van der Waals surface area contributed by atoms with Crippen molar-refractivity contribution in [2.45, 2.75) is 51.0 Å². The molecule has 0 saturated heterocycles. The van der Waals surface area contributed by atoms with Crippen molar-refractivity contribution in [2.24, 2.45) is 5.73 Å². The van der Waals surface area contributed by atoms with Crippen LogP contribution in [0.25, 0.3) is 0 Å². The Labute approximate surface area is 155 Å². The van der Waals surface area contributed by atoms with E-state index in [0.29, 0.717) is 12.1 Å². The molecule has 0 fully saturated rings. The number of ether oxygens (including phenoxy) is 1. The molecule has 26 heavy (non-hydrogen) atoms. The molecule has 6 nitrogen and oxygen atoms in total. The Hall–Kier alpha value is -2.12. The van der Waals surface area contributed by atoms with Crippen LogP contribution in [0.15, 0.2) is 35.4 Å². The van der Waals surface area contributed by atoms with Crippen molar-refractivity contribution < 1.29 is 17.9 Å². The van der Waals surface area contributed by atoms with Gasteiger partial charge in [-0.1, -0.05) is 17.7 Å². The summed E-state index contributed by atoms with van der Waals surface area (Å²) in [5, 5.41) is 0. The summed E-state index contributed by atoms with van der Waals surface area (Å²) in [5.74, 6) is -0.393. The smallest absolute Gasteiger partial charge is 0.307 e. The van der Waals surface area contributed by atoms with Crippen molar-refractivity contribution in [3.8, 4) is 0 Å². The molecule has 0 radical (unpaired) electrons. The van der Waals surface area contributed by atoms with Crippen LogP contribution in [0.5, 0.6) is 0 Å². The standard InChI is InChI=1S/C19H26N2O4S/c1-13-6-8-17(9-7-13)26(23,24)21-12-16(14(2)15(21)3)10-19(4,20)11-18(22)25-5/h6-9,12H,10-11,20H2,1-5H3. The number of hydrogen-bond acceptors (Lipinski definition) is 5. The first-order chi connectivity index (χ1) is 12.0. The second kappa shape index (κ2) is 7.25. The van der Waals surface area contributed by atoms with Gasteiger partial charge in [-0.05, 0) is 57.4 Å². The Morgan fingerprint density at radius 3 is 2.31 bits per heavy atom. The number of hydrogen-bond donors (Lipinski definition) is 1. The molecule has 2 N–H and O–H groups in total. The summed E-state index contributed by atoms with van der Waals surface area (Å²) in [6, 6.07) is 6.74. The molecule has 1 aromatic heterocycles. The minimum Gasteiger partial charge on any atom is -0.469 e. The minimum absolute atomic E-state index is 0.0535. The zero-order chi connectivity index (χ0) is 19.7. The lowest BCUT2D eigenvalue weighted by Crippen LogP contribution is -2.41. The maximum Gasteiger partial charge on any atom is 0.307 e. The lowest BCUT2D eigenvalue weighted by molar-refractivity contribution is -0.141. The highest BCUT2D eigenvalue weighted by molar-refractivity contribution is 7.90. The van der Waals surface area contributed by atoms with E-state index in [1.165, 1.54) is 11.1 Å². The van der Waals surface area contributed by atoms with E-state index < -0.39 is 21.5 Å². The number of methoxy groups -OCH3 is 1. The number of esters is 1. The van der Waals surface area contributed by atoms with Crippen LogP contribution in [0.1, 0.15) is 35.7 Å². The van der Waals surface area contributed by atoms with Gasteiger partial charge in [0.15, 0.2) is 0 Å². The van der Waals surface area contributed by atoms with Crippen molar-refractivity contribution in [1.82, 2.24) is 3.97 Å². The fraction of sp³-hybridized carbons (Fsp3) is 0.421. The Bertz CT molecular complexity index is 910. The van der Waals surface area contributed by atoms with Crippen LogP contribution in [0.3, 0.4) is 0 Å². The van der Waals surface area contributed by atoms with Gasteiger partial charge in [-0.25, -0.2) is 12.4 Å². The summed E-state index contributed by atoms with van der Waals surface area (Å²) in [5.41, 5.74) is 8.68. The number of nitrogens with zero attached hydrogens (tertiary/aromatic N) is 1. The minimum atomic E-state index is -3.69. The Morgan fingerprint density at radius 1 is 1.19 bits per heavy atom. The molecule has 1 unspecified atom stereocenters. The predicted octanol–water partition coefficient (Wildman–Crippen LogP) is 2.47. The molecule has 0 aliphatic heterocycles. The Morgan fingerprint density at radius 2 is 1.77 bits per heavy atom. The summed E-state index contributed by atoms with van der Waals surface area (Å²) in [4.78, 5) is 11.8. The van der Waals surface area contributed by atoms with Gasteiger partial charge in [0, 0.05) is 17.4 Å². The largest absolute Gasteiger partial charge is 0.469 e. The van der Waals surface area contributed by atoms with Crippen LogP contribution in [-0.2, 0) is 26.0 Å². The maximum atomic E-state index is 13.0. The van der Waals surface area contributed by atoms with Gasteiger partial charge in [-0.3, -0.25) is 4.79 Å². The molecule has 7 heteroatoms. The summed E-state index contributed by atoms with van der Waals surface area (Å²) in [6.45, 7) is 7.28. The lowest BCUT2D eigenvalue weighted by Gasteiger charge is -2.23. The summed E-state index contributed by atoms with van der Waals surface area (Å²) >= 11 is 0. The average molecular weight is 378 g/mol. The number of benzene rings is 1. The molecular formula is C19H26N2O4S. The van der Waals surface area contributed by atoms with E-state index in [1.807, 2.05) is 13.8 Å². The van der Waals surface area contributed by atoms with Gasteiger partial charge in [-0.15, -0.1) is 0 Å². The zero-order valence-corrected chi connectivity index (χ0v) is 16.7. The van der Waals surface area contributed by atoms with E-state index in [9.17, 15) is 13.2 Å². The number of rotatable bonds is 6. The second-order valence-electron chi connectivity index (χ2n) is 7.06. The molecule has 0 aliphatic carbocycles. The van der Waals surface area contributed by atoms with Gasteiger partial charge in [0.2, 0.25) is 0 Å². The van der Waals surface area contributed by atoms with E-state index in [0.717, 1.165) is 16.7 Å². The van der Waals surface area contributed by atoms with Gasteiger partial charge in [0.1, 0.15) is 0 Å². The number of carbonyl (C=O) groups is 1. The normalized spacial score (nSPS) is 14.1. The zero-order valence-electron chi connectivity index (χ0n) is 15.9.